The zero-order chi connectivity index (χ0) is 9.40. The van der Waals surface area contributed by atoms with Gasteiger partial charge in [0.25, 0.3) is 0 Å². The maximum absolute atomic E-state index is 3.32. The van der Waals surface area contributed by atoms with Crippen LogP contribution in [0.3, 0.4) is 0 Å². The molecule has 0 aliphatic heterocycles. The van der Waals surface area contributed by atoms with Crippen molar-refractivity contribution < 1.29 is 0 Å². The highest BCUT2D eigenvalue weighted by atomic mass is 15.4. The number of nitrogens with one attached hydrogen (secondary N) is 2. The van der Waals surface area contributed by atoms with Crippen molar-refractivity contribution >= 4 is 0 Å². The summed E-state index contributed by atoms with van der Waals surface area (Å²) in [6.07, 6.45) is 4.98. The second kappa shape index (κ2) is 7.56. The van der Waals surface area contributed by atoms with Crippen LogP contribution in [0.1, 0.15) is 53.4 Å². The van der Waals surface area contributed by atoms with Gasteiger partial charge in [-0.2, -0.15) is 0 Å². The average Bonchev–Trinajstić information content (AvgIpc) is 2.02. The molecular weight excluding hydrogens is 148 g/mol. The average molecular weight is 172 g/mol. The highest BCUT2D eigenvalue weighted by Gasteiger charge is 2.01. The summed E-state index contributed by atoms with van der Waals surface area (Å²) in [5.74, 6) is 0. The molecule has 0 spiro atoms. The minimum absolute atomic E-state index is 0.592. The largest absolute Gasteiger partial charge is 0.255 e. The molecule has 2 atom stereocenters. The van der Waals surface area contributed by atoms with E-state index in [0.29, 0.717) is 12.1 Å². The summed E-state index contributed by atoms with van der Waals surface area (Å²) in [6, 6.07) is 1.18. The van der Waals surface area contributed by atoms with Crippen LogP contribution < -0.4 is 10.9 Å². The van der Waals surface area contributed by atoms with E-state index in [4.69, 9.17) is 0 Å². The first kappa shape index (κ1) is 11.9. The molecule has 2 N–H and O–H groups in total. The lowest BCUT2D eigenvalue weighted by molar-refractivity contribution is 0.369. The molecule has 12 heavy (non-hydrogen) atoms. The Hall–Kier alpha value is -0.0800. The molecule has 0 aromatic rings. The van der Waals surface area contributed by atoms with Crippen LogP contribution in [0.4, 0.5) is 0 Å². The Balaban J connectivity index is 3.27. The number of hydrogen-bond acceptors (Lipinski definition) is 2. The Bertz CT molecular complexity index is 81.8. The van der Waals surface area contributed by atoms with Gasteiger partial charge < -0.3 is 0 Å². The standard InChI is InChI=1S/C10H24N2/c1-5-7-9(3)11-12-10(4)8-6-2/h9-12H,5-8H2,1-4H3/t9-,10+. The van der Waals surface area contributed by atoms with E-state index in [-0.39, 0.29) is 0 Å². The molecule has 2 heteroatoms. The maximum atomic E-state index is 3.32. The Labute approximate surface area is 77.1 Å². The molecular formula is C10H24N2. The fraction of sp³-hybridized carbons (Fsp3) is 1.00. The van der Waals surface area contributed by atoms with E-state index < -0.39 is 0 Å². The van der Waals surface area contributed by atoms with Crippen LogP contribution >= 0.6 is 0 Å². The van der Waals surface area contributed by atoms with Crippen LogP contribution in [0.2, 0.25) is 0 Å². The van der Waals surface area contributed by atoms with E-state index in [2.05, 4.69) is 38.5 Å². The zero-order valence-corrected chi connectivity index (χ0v) is 8.98. The zero-order valence-electron chi connectivity index (χ0n) is 8.98. The van der Waals surface area contributed by atoms with Crippen molar-refractivity contribution in [2.75, 3.05) is 0 Å². The Morgan fingerprint density at radius 1 is 0.833 bits per heavy atom. The molecule has 0 aromatic heterocycles. The summed E-state index contributed by atoms with van der Waals surface area (Å²) in [5.41, 5.74) is 6.64. The summed E-state index contributed by atoms with van der Waals surface area (Å²) in [7, 11) is 0. The van der Waals surface area contributed by atoms with Crippen LogP contribution in [0, 0.1) is 0 Å². The van der Waals surface area contributed by atoms with Gasteiger partial charge in [0, 0.05) is 12.1 Å². The van der Waals surface area contributed by atoms with Crippen molar-refractivity contribution in [3.8, 4) is 0 Å². The summed E-state index contributed by atoms with van der Waals surface area (Å²) in [5, 5.41) is 0. The van der Waals surface area contributed by atoms with Gasteiger partial charge in [-0.25, -0.2) is 0 Å². The van der Waals surface area contributed by atoms with Crippen molar-refractivity contribution in [2.45, 2.75) is 65.5 Å². The van der Waals surface area contributed by atoms with Crippen molar-refractivity contribution in [1.29, 1.82) is 0 Å². The Kier molecular flexibility index (Phi) is 7.51. The minimum Gasteiger partial charge on any atom is -0.255 e. The van der Waals surface area contributed by atoms with Gasteiger partial charge in [0.15, 0.2) is 0 Å². The van der Waals surface area contributed by atoms with Gasteiger partial charge in [0.2, 0.25) is 0 Å². The number of rotatable bonds is 7. The molecule has 0 bridgehead atoms. The molecule has 0 aliphatic rings. The molecule has 0 heterocycles. The minimum atomic E-state index is 0.592. The summed E-state index contributed by atoms with van der Waals surface area (Å²) in [6.45, 7) is 8.87. The molecule has 0 saturated carbocycles. The SMILES string of the molecule is CCC[C@@H](C)NN[C@@H](C)CCC. The van der Waals surface area contributed by atoms with Gasteiger partial charge in [-0.05, 0) is 26.7 Å². The third-order valence-electron chi connectivity index (χ3n) is 2.02. The topological polar surface area (TPSA) is 24.1 Å². The smallest absolute Gasteiger partial charge is 0.0184 e. The number of hydrogen-bond donors (Lipinski definition) is 2. The predicted molar refractivity (Wildman–Crippen MR) is 55.0 cm³/mol. The van der Waals surface area contributed by atoms with Gasteiger partial charge in [-0.15, -0.1) is 0 Å². The van der Waals surface area contributed by atoms with Gasteiger partial charge in [0.05, 0.1) is 0 Å². The third kappa shape index (κ3) is 6.62. The second-order valence-electron chi connectivity index (χ2n) is 3.67. The Morgan fingerprint density at radius 2 is 1.17 bits per heavy atom. The highest BCUT2D eigenvalue weighted by molar-refractivity contribution is 4.60. The van der Waals surface area contributed by atoms with E-state index in [1.807, 2.05) is 0 Å². The van der Waals surface area contributed by atoms with Crippen LogP contribution in [0.25, 0.3) is 0 Å². The molecule has 0 unspecified atom stereocenters. The van der Waals surface area contributed by atoms with Crippen LogP contribution in [0.5, 0.6) is 0 Å². The monoisotopic (exact) mass is 172 g/mol. The number of hydrazine groups is 1. The Morgan fingerprint density at radius 3 is 1.42 bits per heavy atom. The summed E-state index contributed by atoms with van der Waals surface area (Å²) in [4.78, 5) is 0. The lowest BCUT2D eigenvalue weighted by Gasteiger charge is -2.18. The molecule has 0 saturated heterocycles. The predicted octanol–water partition coefficient (Wildman–Crippen LogP) is 2.46. The first-order valence-corrected chi connectivity index (χ1v) is 5.21. The second-order valence-corrected chi connectivity index (χ2v) is 3.67. The third-order valence-corrected chi connectivity index (χ3v) is 2.02. The van der Waals surface area contributed by atoms with Crippen LogP contribution in [-0.4, -0.2) is 12.1 Å². The lowest BCUT2D eigenvalue weighted by atomic mass is 10.2. The highest BCUT2D eigenvalue weighted by Crippen LogP contribution is 1.96. The normalized spacial score (nSPS) is 16.0. The quantitative estimate of drug-likeness (QED) is 0.576. The molecule has 2 nitrogen and oxygen atoms in total. The first-order valence-electron chi connectivity index (χ1n) is 5.21. The molecule has 0 aromatic carbocycles. The maximum Gasteiger partial charge on any atom is 0.0184 e. The van der Waals surface area contributed by atoms with E-state index in [1.54, 1.807) is 0 Å². The lowest BCUT2D eigenvalue weighted by Crippen LogP contribution is -2.44. The molecule has 0 radical (unpaired) electrons. The van der Waals surface area contributed by atoms with E-state index >= 15 is 0 Å². The summed E-state index contributed by atoms with van der Waals surface area (Å²) >= 11 is 0. The van der Waals surface area contributed by atoms with Gasteiger partial charge in [0.1, 0.15) is 0 Å². The van der Waals surface area contributed by atoms with Crippen molar-refractivity contribution in [3.05, 3.63) is 0 Å². The van der Waals surface area contributed by atoms with Crippen LogP contribution in [0.15, 0.2) is 0 Å². The van der Waals surface area contributed by atoms with Gasteiger partial charge >= 0.3 is 0 Å². The van der Waals surface area contributed by atoms with Crippen molar-refractivity contribution in [3.63, 3.8) is 0 Å². The molecule has 0 fully saturated rings. The van der Waals surface area contributed by atoms with Crippen molar-refractivity contribution in [2.24, 2.45) is 0 Å². The van der Waals surface area contributed by atoms with Crippen molar-refractivity contribution in [1.82, 2.24) is 10.9 Å². The van der Waals surface area contributed by atoms with E-state index in [9.17, 15) is 0 Å². The molecule has 0 amide bonds. The molecule has 74 valence electrons. The van der Waals surface area contributed by atoms with E-state index in [1.165, 1.54) is 25.7 Å². The molecule has 0 aliphatic carbocycles. The van der Waals surface area contributed by atoms with Gasteiger partial charge in [-0.1, -0.05) is 26.7 Å². The molecule has 0 rings (SSSR count). The summed E-state index contributed by atoms with van der Waals surface area (Å²) < 4.78 is 0. The fourth-order valence-electron chi connectivity index (χ4n) is 1.29. The van der Waals surface area contributed by atoms with Crippen LogP contribution in [-0.2, 0) is 0 Å². The van der Waals surface area contributed by atoms with Gasteiger partial charge in [-0.3, -0.25) is 10.9 Å². The first-order chi connectivity index (χ1) is 5.70. The van der Waals surface area contributed by atoms with E-state index in [0.717, 1.165) is 0 Å². The fourth-order valence-corrected chi connectivity index (χ4v) is 1.29.